The Bertz CT molecular complexity index is 632. The fourth-order valence-electron chi connectivity index (χ4n) is 3.08. The molecule has 0 radical (unpaired) electrons. The van der Waals surface area contributed by atoms with Gasteiger partial charge in [0.15, 0.2) is 0 Å². The standard InChI is InChI=1S/C20H32N4O3/c1-19(2,3)18(26)27-24-12-9-20(10-13-24,22-17(25)15-23(4)5)14-16-8-6-7-11-21-16/h6-8,11H,9-10,12-15H2,1-5H3,(H,22,25). The number of carbonyl (C=O) groups excluding carboxylic acids is 2. The normalized spacial score (nSPS) is 17.6. The predicted octanol–water partition coefficient (Wildman–Crippen LogP) is 1.64. The highest BCUT2D eigenvalue weighted by Gasteiger charge is 2.38. The van der Waals surface area contributed by atoms with Gasteiger partial charge in [0.1, 0.15) is 0 Å². The van der Waals surface area contributed by atoms with Crippen molar-refractivity contribution in [3.8, 4) is 0 Å². The summed E-state index contributed by atoms with van der Waals surface area (Å²) < 4.78 is 0. The van der Waals surface area contributed by atoms with E-state index in [9.17, 15) is 9.59 Å². The van der Waals surface area contributed by atoms with E-state index in [1.807, 2.05) is 58.0 Å². The summed E-state index contributed by atoms with van der Waals surface area (Å²) in [6, 6.07) is 5.82. The lowest BCUT2D eigenvalue weighted by Gasteiger charge is -2.42. The molecule has 1 amide bonds. The van der Waals surface area contributed by atoms with Crippen LogP contribution in [0.2, 0.25) is 0 Å². The van der Waals surface area contributed by atoms with Gasteiger partial charge in [0.2, 0.25) is 5.91 Å². The predicted molar refractivity (Wildman–Crippen MR) is 104 cm³/mol. The van der Waals surface area contributed by atoms with E-state index in [0.717, 1.165) is 5.69 Å². The molecule has 1 fully saturated rings. The van der Waals surface area contributed by atoms with Crippen molar-refractivity contribution in [3.05, 3.63) is 30.1 Å². The van der Waals surface area contributed by atoms with Crippen LogP contribution in [0.3, 0.4) is 0 Å². The topological polar surface area (TPSA) is 74.8 Å². The number of hydrogen-bond acceptors (Lipinski definition) is 6. The number of pyridine rings is 1. The molecule has 7 nitrogen and oxygen atoms in total. The van der Waals surface area contributed by atoms with Crippen molar-refractivity contribution >= 4 is 11.9 Å². The Morgan fingerprint density at radius 2 is 1.93 bits per heavy atom. The Hall–Kier alpha value is -1.99. The fourth-order valence-corrected chi connectivity index (χ4v) is 3.08. The summed E-state index contributed by atoms with van der Waals surface area (Å²) in [6.45, 7) is 7.02. The molecule has 1 aromatic heterocycles. The zero-order valence-electron chi connectivity index (χ0n) is 17.1. The van der Waals surface area contributed by atoms with E-state index in [2.05, 4.69) is 10.3 Å². The molecule has 2 rings (SSSR count). The van der Waals surface area contributed by atoms with Crippen LogP contribution in [0.15, 0.2) is 24.4 Å². The van der Waals surface area contributed by atoms with Gasteiger partial charge in [-0.3, -0.25) is 9.78 Å². The molecule has 0 aromatic carbocycles. The molecule has 1 saturated heterocycles. The molecular formula is C20H32N4O3. The molecule has 7 heteroatoms. The van der Waals surface area contributed by atoms with Gasteiger partial charge in [-0.15, -0.1) is 5.06 Å². The Labute approximate surface area is 162 Å². The van der Waals surface area contributed by atoms with Gasteiger partial charge in [0.25, 0.3) is 0 Å². The van der Waals surface area contributed by atoms with Crippen LogP contribution >= 0.6 is 0 Å². The first kappa shape index (κ1) is 21.3. The highest BCUT2D eigenvalue weighted by atomic mass is 16.7. The SMILES string of the molecule is CN(C)CC(=O)NC1(Cc2ccccn2)CCN(OC(=O)C(C)(C)C)CC1. The second-order valence-electron chi connectivity index (χ2n) is 8.62. The lowest BCUT2D eigenvalue weighted by Crippen LogP contribution is -2.58. The average molecular weight is 377 g/mol. The van der Waals surface area contributed by atoms with E-state index in [-0.39, 0.29) is 17.4 Å². The summed E-state index contributed by atoms with van der Waals surface area (Å²) in [7, 11) is 3.75. The minimum atomic E-state index is -0.539. The van der Waals surface area contributed by atoms with Gasteiger partial charge in [-0.2, -0.15) is 0 Å². The van der Waals surface area contributed by atoms with E-state index in [1.54, 1.807) is 11.3 Å². The molecule has 1 aliphatic heterocycles. The molecular weight excluding hydrogens is 344 g/mol. The number of nitrogens with zero attached hydrogens (tertiary/aromatic N) is 3. The summed E-state index contributed by atoms with van der Waals surface area (Å²) >= 11 is 0. The van der Waals surface area contributed by atoms with Crippen LogP contribution in [0.4, 0.5) is 0 Å². The molecule has 0 saturated carbocycles. The molecule has 1 N–H and O–H groups in total. The Kier molecular flexibility index (Phi) is 6.95. The smallest absolute Gasteiger partial charge is 0.330 e. The third-order valence-electron chi connectivity index (χ3n) is 4.61. The zero-order chi connectivity index (χ0) is 20.1. The molecule has 1 aromatic rings. The fraction of sp³-hybridized carbons (Fsp3) is 0.650. The minimum Gasteiger partial charge on any atom is -0.367 e. The van der Waals surface area contributed by atoms with Crippen molar-refractivity contribution in [1.29, 1.82) is 0 Å². The first-order valence-electron chi connectivity index (χ1n) is 9.43. The largest absolute Gasteiger partial charge is 0.367 e. The first-order valence-corrected chi connectivity index (χ1v) is 9.43. The zero-order valence-corrected chi connectivity index (χ0v) is 17.1. The molecule has 2 heterocycles. The monoisotopic (exact) mass is 376 g/mol. The van der Waals surface area contributed by atoms with Crippen LogP contribution in [-0.2, 0) is 20.8 Å². The maximum absolute atomic E-state index is 12.4. The Morgan fingerprint density at radius 3 is 2.44 bits per heavy atom. The summed E-state index contributed by atoms with van der Waals surface area (Å²) in [6.07, 6.45) is 3.82. The lowest BCUT2D eigenvalue weighted by molar-refractivity contribution is -0.207. The van der Waals surface area contributed by atoms with E-state index in [0.29, 0.717) is 38.9 Å². The molecule has 0 unspecified atom stereocenters. The van der Waals surface area contributed by atoms with Gasteiger partial charge >= 0.3 is 5.97 Å². The number of piperidine rings is 1. The average Bonchev–Trinajstić information content (AvgIpc) is 2.56. The number of aromatic nitrogens is 1. The van der Waals surface area contributed by atoms with Crippen LogP contribution in [-0.4, -0.2) is 66.1 Å². The maximum Gasteiger partial charge on any atom is 0.330 e. The third kappa shape index (κ3) is 6.59. The number of hydrogen-bond donors (Lipinski definition) is 1. The summed E-state index contributed by atoms with van der Waals surface area (Å²) in [5.41, 5.74) is 0.0249. The van der Waals surface area contributed by atoms with E-state index in [4.69, 9.17) is 4.84 Å². The van der Waals surface area contributed by atoms with Crippen LogP contribution in [0.25, 0.3) is 0 Å². The molecule has 0 atom stereocenters. The number of likely N-dealkylation sites (N-methyl/N-ethyl adjacent to an activating group) is 1. The van der Waals surface area contributed by atoms with E-state index >= 15 is 0 Å². The van der Waals surface area contributed by atoms with Crippen molar-refractivity contribution in [1.82, 2.24) is 20.3 Å². The Balaban J connectivity index is 2.06. The Morgan fingerprint density at radius 1 is 1.26 bits per heavy atom. The quantitative estimate of drug-likeness (QED) is 0.814. The molecule has 27 heavy (non-hydrogen) atoms. The summed E-state index contributed by atoms with van der Waals surface area (Å²) in [4.78, 5) is 36.4. The molecule has 150 valence electrons. The van der Waals surface area contributed by atoms with Gasteiger partial charge in [-0.25, -0.2) is 4.79 Å². The maximum atomic E-state index is 12.4. The summed E-state index contributed by atoms with van der Waals surface area (Å²) in [5, 5.41) is 4.94. The number of hydroxylamine groups is 2. The van der Waals surface area contributed by atoms with Crippen molar-refractivity contribution in [2.75, 3.05) is 33.7 Å². The highest BCUT2D eigenvalue weighted by molar-refractivity contribution is 5.79. The molecule has 1 aliphatic rings. The van der Waals surface area contributed by atoms with Crippen molar-refractivity contribution in [3.63, 3.8) is 0 Å². The molecule has 0 aliphatic carbocycles. The van der Waals surface area contributed by atoms with E-state index < -0.39 is 5.41 Å². The molecule has 0 bridgehead atoms. The molecule has 0 spiro atoms. The van der Waals surface area contributed by atoms with Gasteiger partial charge in [0, 0.05) is 36.9 Å². The van der Waals surface area contributed by atoms with Gasteiger partial charge in [-0.1, -0.05) is 6.07 Å². The second-order valence-corrected chi connectivity index (χ2v) is 8.62. The highest BCUT2D eigenvalue weighted by Crippen LogP contribution is 2.27. The van der Waals surface area contributed by atoms with Gasteiger partial charge in [-0.05, 0) is 59.8 Å². The number of nitrogens with one attached hydrogen (secondary N) is 1. The summed E-state index contributed by atoms with van der Waals surface area (Å²) in [5.74, 6) is -0.243. The third-order valence-corrected chi connectivity index (χ3v) is 4.61. The van der Waals surface area contributed by atoms with Crippen LogP contribution in [0.1, 0.15) is 39.3 Å². The second kappa shape index (κ2) is 8.80. The first-order chi connectivity index (χ1) is 12.6. The minimum absolute atomic E-state index is 0.00364. The lowest BCUT2D eigenvalue weighted by atomic mass is 9.83. The van der Waals surface area contributed by atoms with Crippen molar-refractivity contribution < 1.29 is 14.4 Å². The number of carbonyl (C=O) groups is 2. The van der Waals surface area contributed by atoms with Gasteiger partial charge in [0.05, 0.1) is 12.0 Å². The van der Waals surface area contributed by atoms with Gasteiger partial charge < -0.3 is 15.1 Å². The number of amides is 1. The van der Waals surface area contributed by atoms with Crippen molar-refractivity contribution in [2.24, 2.45) is 5.41 Å². The van der Waals surface area contributed by atoms with Crippen LogP contribution in [0, 0.1) is 5.41 Å². The van der Waals surface area contributed by atoms with Crippen LogP contribution in [0.5, 0.6) is 0 Å². The number of rotatable bonds is 6. The van der Waals surface area contributed by atoms with Crippen molar-refractivity contribution in [2.45, 2.75) is 45.6 Å². The van der Waals surface area contributed by atoms with Crippen LogP contribution < -0.4 is 5.32 Å². The van der Waals surface area contributed by atoms with E-state index in [1.165, 1.54) is 0 Å².